The fourth-order valence-corrected chi connectivity index (χ4v) is 12.0. The van der Waals surface area contributed by atoms with Crippen LogP contribution < -0.4 is 0 Å². The molecular weight excluding hydrogens is 1120 g/mol. The van der Waals surface area contributed by atoms with Crippen molar-refractivity contribution >= 4 is 44.4 Å². The number of allylic oxidation sites excluding steroid dienone is 1. The lowest BCUT2D eigenvalue weighted by atomic mass is 9.87. The highest BCUT2D eigenvalue weighted by atomic mass is 19.4. The molecule has 88 heavy (non-hydrogen) atoms. The highest BCUT2D eigenvalue weighted by Crippen LogP contribution is 2.52. The van der Waals surface area contributed by atoms with Gasteiger partial charge in [0.15, 0.2) is 0 Å². The van der Waals surface area contributed by atoms with Crippen LogP contribution in [-0.4, -0.2) is 9.13 Å². The molecule has 11 aromatic rings. The van der Waals surface area contributed by atoms with Crippen LogP contribution in [0.4, 0.5) is 26.3 Å². The number of aromatic nitrogens is 2. The molecule has 11 nitrogen and oxygen atoms in total. The summed E-state index contributed by atoms with van der Waals surface area (Å²) in [5.74, 6) is 0. The Kier molecular flexibility index (Phi) is 13.5. The van der Waals surface area contributed by atoms with Crippen LogP contribution in [-0.2, 0) is 18.8 Å². The van der Waals surface area contributed by atoms with Crippen molar-refractivity contribution in [1.82, 2.24) is 9.13 Å². The van der Waals surface area contributed by atoms with Crippen LogP contribution >= 0.6 is 0 Å². The predicted octanol–water partition coefficient (Wildman–Crippen LogP) is 16.8. The third kappa shape index (κ3) is 9.20. The minimum atomic E-state index is -5.44. The predicted molar refractivity (Wildman–Crippen MR) is 314 cm³/mol. The molecule has 17 heteroatoms. The topological polar surface area (TPSA) is 224 Å². The lowest BCUT2D eigenvalue weighted by Crippen LogP contribution is -2.17. The van der Waals surface area contributed by atoms with Gasteiger partial charge in [0.25, 0.3) is 0 Å². The SMILES string of the molecule is N#Cc1ccc(C2=Cc3c(n(-c4cc(C#N)cc(-n5c6ccc(-c7ccc(C#N)cc7C#N)cc6c6cc(-c7ccc(C#N)cc7C#N)ccc65)c4-c4c(C(F)(F)F)cccc4C(F)(F)F)c4ccc(-c5ccc(C#N)cc5C#N)cc34)CC2)c(C#N)c1. The smallest absolute Gasteiger partial charge is 0.312 e. The third-order valence-corrected chi connectivity index (χ3v) is 15.8. The van der Waals surface area contributed by atoms with Crippen molar-refractivity contribution in [2.45, 2.75) is 25.2 Å². The van der Waals surface area contributed by atoms with Crippen molar-refractivity contribution in [3.8, 4) is 111 Å². The average molecular weight is 1150 g/mol. The van der Waals surface area contributed by atoms with Gasteiger partial charge in [-0.15, -0.1) is 0 Å². The van der Waals surface area contributed by atoms with Gasteiger partial charge >= 0.3 is 12.4 Å². The number of halogens is 6. The van der Waals surface area contributed by atoms with E-state index < -0.39 is 34.6 Å². The summed E-state index contributed by atoms with van der Waals surface area (Å²) in [5.41, 5.74) is 0.514. The number of nitrogens with zero attached hydrogens (tertiary/aromatic N) is 11. The summed E-state index contributed by atoms with van der Waals surface area (Å²) < 4.78 is 99.5. The van der Waals surface area contributed by atoms with Crippen LogP contribution in [0.15, 0.2) is 158 Å². The van der Waals surface area contributed by atoms with E-state index in [0.717, 1.165) is 0 Å². The van der Waals surface area contributed by atoms with Crippen molar-refractivity contribution < 1.29 is 26.3 Å². The average Bonchev–Trinajstić information content (AvgIpc) is 1.53. The zero-order chi connectivity index (χ0) is 61.9. The van der Waals surface area contributed by atoms with E-state index in [-0.39, 0.29) is 90.8 Å². The van der Waals surface area contributed by atoms with E-state index in [2.05, 4.69) is 30.3 Å². The first-order valence-corrected chi connectivity index (χ1v) is 26.6. The highest BCUT2D eigenvalue weighted by Gasteiger charge is 2.43. The number of hydrogen-bond donors (Lipinski definition) is 0. The fourth-order valence-electron chi connectivity index (χ4n) is 12.0. The Bertz CT molecular complexity index is 5210. The van der Waals surface area contributed by atoms with Crippen molar-refractivity contribution in [3.05, 3.63) is 236 Å². The van der Waals surface area contributed by atoms with Gasteiger partial charge in [0.1, 0.15) is 0 Å². The Labute approximate surface area is 496 Å². The Hall–Kier alpha value is -13.0. The van der Waals surface area contributed by atoms with E-state index in [1.165, 1.54) is 59.2 Å². The van der Waals surface area contributed by atoms with Crippen LogP contribution in [0.1, 0.15) is 84.4 Å². The van der Waals surface area contributed by atoms with E-state index >= 15 is 26.3 Å². The molecule has 0 N–H and O–H groups in total. The molecule has 2 aromatic heterocycles. The summed E-state index contributed by atoms with van der Waals surface area (Å²) in [7, 11) is 0. The maximum Gasteiger partial charge on any atom is 0.417 e. The van der Waals surface area contributed by atoms with Crippen LogP contribution in [0, 0.1) is 102 Å². The molecule has 0 saturated carbocycles. The highest BCUT2D eigenvalue weighted by molar-refractivity contribution is 6.13. The second kappa shape index (κ2) is 21.3. The van der Waals surface area contributed by atoms with Crippen molar-refractivity contribution in [1.29, 1.82) is 47.4 Å². The Morgan fingerprint density at radius 2 is 0.716 bits per heavy atom. The first-order valence-electron chi connectivity index (χ1n) is 26.6. The number of alkyl halides is 6. The minimum absolute atomic E-state index is 0.0515. The van der Waals surface area contributed by atoms with E-state index in [1.807, 2.05) is 24.3 Å². The monoisotopic (exact) mass is 1150 g/mol. The zero-order valence-corrected chi connectivity index (χ0v) is 45.2. The van der Waals surface area contributed by atoms with Gasteiger partial charge < -0.3 is 9.13 Å². The Morgan fingerprint density at radius 3 is 1.11 bits per heavy atom. The van der Waals surface area contributed by atoms with Crippen LogP contribution in [0.5, 0.6) is 0 Å². The van der Waals surface area contributed by atoms with Gasteiger partial charge in [-0.3, -0.25) is 0 Å². The lowest BCUT2D eigenvalue weighted by molar-refractivity contribution is -0.142. The number of hydrogen-bond acceptors (Lipinski definition) is 9. The molecule has 0 bridgehead atoms. The van der Waals surface area contributed by atoms with Crippen molar-refractivity contribution in [2.24, 2.45) is 0 Å². The molecule has 0 aliphatic heterocycles. The molecule has 0 fully saturated rings. The van der Waals surface area contributed by atoms with Crippen LogP contribution in [0.25, 0.3) is 100 Å². The van der Waals surface area contributed by atoms with Gasteiger partial charge in [0.2, 0.25) is 0 Å². The Morgan fingerprint density at radius 1 is 0.341 bits per heavy atom. The zero-order valence-electron chi connectivity index (χ0n) is 45.2. The summed E-state index contributed by atoms with van der Waals surface area (Å²) in [6, 6.07) is 55.9. The molecule has 2 heterocycles. The standard InChI is InChI=1S/C71H31F6N11/c72-70(73,74)60-2-1-3-61(71(75,76)77)68(60)69-66(87-62-16-8-44(52-12-4-39(30-78)20-48(52)35-83)26-56(62)57-27-45(9-17-63(57)87)53-13-5-40(31-79)21-49(53)36-84)24-43(34-82)25-67(69)88-64-18-10-46(54-14-6-41(32-80)22-50(54)37-85)28-58(64)59-29-47(11-19-65(59)88)55-15-7-42(33-81)23-51(55)38-86/h1-10,12-18,20-29H,11,19H2. The molecule has 0 spiro atoms. The van der Waals surface area contributed by atoms with Crippen LogP contribution in [0.3, 0.4) is 0 Å². The molecule has 1 aliphatic rings. The molecule has 0 amide bonds. The number of fused-ring (bicyclic) bond motifs is 6. The maximum atomic E-state index is 16.1. The molecule has 412 valence electrons. The Balaban J connectivity index is 1.26. The second-order valence-electron chi connectivity index (χ2n) is 20.6. The van der Waals surface area contributed by atoms with E-state index in [0.29, 0.717) is 90.1 Å². The van der Waals surface area contributed by atoms with Gasteiger partial charge in [-0.25, -0.2) is 0 Å². The van der Waals surface area contributed by atoms with E-state index in [4.69, 9.17) is 0 Å². The van der Waals surface area contributed by atoms with Gasteiger partial charge in [-0.05, 0) is 173 Å². The van der Waals surface area contributed by atoms with Gasteiger partial charge in [-0.1, -0.05) is 48.5 Å². The lowest BCUT2D eigenvalue weighted by Gasteiger charge is -2.26. The van der Waals surface area contributed by atoms with Crippen molar-refractivity contribution in [2.75, 3.05) is 0 Å². The minimum Gasteiger partial charge on any atom is -0.312 e. The third-order valence-electron chi connectivity index (χ3n) is 15.8. The summed E-state index contributed by atoms with van der Waals surface area (Å²) in [4.78, 5) is 0. The van der Waals surface area contributed by atoms with Gasteiger partial charge in [-0.2, -0.15) is 73.7 Å². The molecule has 0 saturated heterocycles. The summed E-state index contributed by atoms with van der Waals surface area (Å²) in [6.45, 7) is 0. The first kappa shape index (κ1) is 55.6. The molecule has 9 aromatic carbocycles. The van der Waals surface area contributed by atoms with E-state index in [1.54, 1.807) is 95.6 Å². The van der Waals surface area contributed by atoms with Gasteiger partial charge in [0, 0.05) is 38.5 Å². The number of rotatable bonds is 7. The summed E-state index contributed by atoms with van der Waals surface area (Å²) in [6.07, 6.45) is -8.89. The van der Waals surface area contributed by atoms with Crippen LogP contribution in [0.2, 0.25) is 0 Å². The molecule has 12 rings (SSSR count). The summed E-state index contributed by atoms with van der Waals surface area (Å²) >= 11 is 0. The summed E-state index contributed by atoms with van der Waals surface area (Å²) in [5, 5.41) is 92.6. The largest absolute Gasteiger partial charge is 0.417 e. The maximum absolute atomic E-state index is 16.1. The van der Waals surface area contributed by atoms with E-state index in [9.17, 15) is 47.4 Å². The quantitative estimate of drug-likeness (QED) is 0.138. The fraction of sp³-hybridized carbons (Fsp3) is 0.0563. The number of nitriles is 9. The molecule has 1 aliphatic carbocycles. The normalized spacial score (nSPS) is 11.9. The van der Waals surface area contributed by atoms with Crippen molar-refractivity contribution in [3.63, 3.8) is 0 Å². The molecule has 0 radical (unpaired) electrons. The molecular formula is C71H31F6N11. The molecule has 0 atom stereocenters. The number of benzene rings is 9. The van der Waals surface area contributed by atoms with Gasteiger partial charge in [0.05, 0.1) is 144 Å². The second-order valence-corrected chi connectivity index (χ2v) is 20.6. The molecule has 0 unspecified atom stereocenters. The first-order chi connectivity index (χ1) is 42.5.